The lowest BCUT2D eigenvalue weighted by Crippen LogP contribution is -2.63. The molecule has 0 aliphatic heterocycles. The molecule has 0 radical (unpaired) electrons. The Balaban J connectivity index is 1.69. The lowest BCUT2D eigenvalue weighted by atomic mass is 9.35. The summed E-state index contributed by atoms with van der Waals surface area (Å²) in [5, 5.41) is 43.3. The van der Waals surface area contributed by atoms with Gasteiger partial charge < -0.3 is 30.5 Å². The van der Waals surface area contributed by atoms with E-state index in [-0.39, 0.29) is 39.6 Å². The average molecular weight is 606 g/mol. The first-order chi connectivity index (χ1) is 20.0. The van der Waals surface area contributed by atoms with E-state index in [0.29, 0.717) is 11.8 Å². The van der Waals surface area contributed by atoms with Crippen LogP contribution in [0.3, 0.4) is 0 Å². The Kier molecular flexibility index (Phi) is 10.3. The number of amides is 1. The fraction of sp³-hybridized carbons (Fsp3) is 0.917. The maximum absolute atomic E-state index is 14.4. The number of rotatable bonds is 11. The minimum atomic E-state index is -0.987. The number of carbonyl (C=O) groups excluding carboxylic acids is 1. The highest BCUT2D eigenvalue weighted by molar-refractivity contribution is 5.84. The Bertz CT molecular complexity index is 1030. The predicted octanol–water partition coefficient (Wildman–Crippen LogP) is 5.73. The van der Waals surface area contributed by atoms with Crippen molar-refractivity contribution < 1.29 is 30.0 Å². The number of aliphatic hydroxyl groups excluding tert-OH is 4. The molecule has 0 aromatic heterocycles. The standard InChI is InChI=1S/C36H63NO6/c1-9-25(41)13-14-33(6)23(2)12-15-35(8)29(33)11-10-26-27-20-32(4,5)16-18-36(27,19-17-34(26,35)7)31(42)37-30(22-39)43-28(21-38)24(3)40/h10,23-25,27-30,38-41H,9,11-22H2,1-8H3,(H,37,42)/t23?,24?,25?,27?,28?,29?,30?,33?,34-,35?,36?/m1/s1. The van der Waals surface area contributed by atoms with Gasteiger partial charge in [0.1, 0.15) is 6.10 Å². The molecule has 0 aromatic rings. The predicted molar refractivity (Wildman–Crippen MR) is 170 cm³/mol. The monoisotopic (exact) mass is 605 g/mol. The second-order valence-corrected chi connectivity index (χ2v) is 16.6. The van der Waals surface area contributed by atoms with Crippen molar-refractivity contribution in [1.82, 2.24) is 5.32 Å². The van der Waals surface area contributed by atoms with Crippen LogP contribution in [0.4, 0.5) is 0 Å². The van der Waals surface area contributed by atoms with Gasteiger partial charge in [-0.3, -0.25) is 4.79 Å². The summed E-state index contributed by atoms with van der Waals surface area (Å²) in [7, 11) is 0. The van der Waals surface area contributed by atoms with Gasteiger partial charge in [0.05, 0.1) is 30.8 Å². The van der Waals surface area contributed by atoms with Gasteiger partial charge in [0.2, 0.25) is 5.91 Å². The Morgan fingerprint density at radius 1 is 1.05 bits per heavy atom. The van der Waals surface area contributed by atoms with Crippen molar-refractivity contribution in [3.05, 3.63) is 11.6 Å². The van der Waals surface area contributed by atoms with E-state index in [4.69, 9.17) is 4.74 Å². The van der Waals surface area contributed by atoms with Crippen LogP contribution in [0.5, 0.6) is 0 Å². The van der Waals surface area contributed by atoms with Crippen molar-refractivity contribution in [2.24, 2.45) is 44.8 Å². The van der Waals surface area contributed by atoms with Crippen LogP contribution >= 0.6 is 0 Å². The van der Waals surface area contributed by atoms with E-state index in [0.717, 1.165) is 57.8 Å². The average Bonchev–Trinajstić information content (AvgIpc) is 2.96. The first-order valence-corrected chi connectivity index (χ1v) is 17.3. The molecule has 0 saturated heterocycles. The highest BCUT2D eigenvalue weighted by atomic mass is 16.5. The van der Waals surface area contributed by atoms with Gasteiger partial charge in [-0.25, -0.2) is 0 Å². The van der Waals surface area contributed by atoms with Crippen LogP contribution in [0, 0.1) is 44.8 Å². The van der Waals surface area contributed by atoms with Gasteiger partial charge >= 0.3 is 0 Å². The van der Waals surface area contributed by atoms with E-state index in [1.807, 2.05) is 0 Å². The molecule has 0 aromatic carbocycles. The number of aliphatic hydroxyl groups is 4. The first-order valence-electron chi connectivity index (χ1n) is 17.3. The SMILES string of the molecule is CCC(O)CCC1(C)C(C)CCC2(C)C1CC=C1C3CC(C)(C)CCC3(C(=O)NC(CO)OC(CO)C(C)O)CC[C@]12C. The fourth-order valence-electron chi connectivity index (χ4n) is 10.2. The molecule has 11 atom stereocenters. The second kappa shape index (κ2) is 12.7. The third-order valence-electron chi connectivity index (χ3n) is 13.8. The van der Waals surface area contributed by atoms with Crippen molar-refractivity contribution in [1.29, 1.82) is 0 Å². The van der Waals surface area contributed by atoms with Crippen molar-refractivity contribution in [3.63, 3.8) is 0 Å². The Hall–Kier alpha value is -0.990. The Labute approximate surface area is 261 Å². The maximum atomic E-state index is 14.4. The summed E-state index contributed by atoms with van der Waals surface area (Å²) in [5.41, 5.74) is 1.29. The van der Waals surface area contributed by atoms with Crippen LogP contribution in [-0.4, -0.2) is 64.1 Å². The minimum absolute atomic E-state index is 0.0102. The highest BCUT2D eigenvalue weighted by Gasteiger charge is 2.66. The number of hydrogen-bond donors (Lipinski definition) is 5. The largest absolute Gasteiger partial charge is 0.394 e. The van der Waals surface area contributed by atoms with Gasteiger partial charge in [0.25, 0.3) is 0 Å². The molecule has 43 heavy (non-hydrogen) atoms. The zero-order valence-electron chi connectivity index (χ0n) is 28.4. The van der Waals surface area contributed by atoms with Gasteiger partial charge in [-0.15, -0.1) is 0 Å². The summed E-state index contributed by atoms with van der Waals surface area (Å²) in [6.45, 7) is 17.4. The van der Waals surface area contributed by atoms with Gasteiger partial charge in [0, 0.05) is 0 Å². The van der Waals surface area contributed by atoms with Crippen molar-refractivity contribution >= 4 is 5.91 Å². The summed E-state index contributed by atoms with van der Waals surface area (Å²) in [6.07, 6.45) is 10.1. The summed E-state index contributed by atoms with van der Waals surface area (Å²) in [4.78, 5) is 14.4. The van der Waals surface area contributed by atoms with Crippen LogP contribution < -0.4 is 5.32 Å². The second-order valence-electron chi connectivity index (χ2n) is 16.6. The van der Waals surface area contributed by atoms with Crippen molar-refractivity contribution in [2.75, 3.05) is 13.2 Å². The number of allylic oxidation sites excluding steroid dienone is 2. The number of carbonyl (C=O) groups is 1. The smallest absolute Gasteiger partial charge is 0.228 e. The lowest BCUT2D eigenvalue weighted by Gasteiger charge is -2.69. The van der Waals surface area contributed by atoms with Crippen molar-refractivity contribution in [2.45, 2.75) is 151 Å². The topological polar surface area (TPSA) is 119 Å². The zero-order chi connectivity index (χ0) is 32.0. The van der Waals surface area contributed by atoms with Gasteiger partial charge in [0.15, 0.2) is 6.23 Å². The van der Waals surface area contributed by atoms with Crippen LogP contribution in [0.1, 0.15) is 126 Å². The summed E-state index contributed by atoms with van der Waals surface area (Å²) >= 11 is 0. The maximum Gasteiger partial charge on any atom is 0.228 e. The molecule has 248 valence electrons. The molecule has 0 bridgehead atoms. The summed E-state index contributed by atoms with van der Waals surface area (Å²) in [6, 6.07) is 0. The number of fused-ring (bicyclic) bond motifs is 5. The van der Waals surface area contributed by atoms with Crippen molar-refractivity contribution in [3.8, 4) is 0 Å². The van der Waals surface area contributed by atoms with E-state index < -0.39 is 37.1 Å². The third-order valence-corrected chi connectivity index (χ3v) is 13.8. The van der Waals surface area contributed by atoms with E-state index >= 15 is 0 Å². The normalized spacial score (nSPS) is 41.5. The molecule has 3 fully saturated rings. The van der Waals surface area contributed by atoms with E-state index in [1.54, 1.807) is 0 Å². The fourth-order valence-corrected chi connectivity index (χ4v) is 10.2. The highest BCUT2D eigenvalue weighted by Crippen LogP contribution is 2.73. The molecule has 7 heteroatoms. The zero-order valence-corrected chi connectivity index (χ0v) is 28.4. The molecular formula is C36H63NO6. The van der Waals surface area contributed by atoms with E-state index in [2.05, 4.69) is 59.9 Å². The number of nitrogens with one attached hydrogen (secondary N) is 1. The Morgan fingerprint density at radius 2 is 1.72 bits per heavy atom. The lowest BCUT2D eigenvalue weighted by molar-refractivity contribution is -0.167. The number of hydrogen-bond acceptors (Lipinski definition) is 6. The van der Waals surface area contributed by atoms with E-state index in [9.17, 15) is 25.2 Å². The summed E-state index contributed by atoms with van der Waals surface area (Å²) in [5.74, 6) is 1.18. The molecule has 0 spiro atoms. The molecule has 4 rings (SSSR count). The molecule has 3 saturated carbocycles. The third kappa shape index (κ3) is 6.00. The van der Waals surface area contributed by atoms with Crippen LogP contribution in [-0.2, 0) is 9.53 Å². The molecule has 4 aliphatic carbocycles. The molecule has 1 amide bonds. The Morgan fingerprint density at radius 3 is 2.33 bits per heavy atom. The molecule has 5 N–H and O–H groups in total. The van der Waals surface area contributed by atoms with Gasteiger partial charge in [-0.2, -0.15) is 0 Å². The van der Waals surface area contributed by atoms with Crippen LogP contribution in [0.25, 0.3) is 0 Å². The van der Waals surface area contributed by atoms with Crippen LogP contribution in [0.2, 0.25) is 0 Å². The molecule has 7 nitrogen and oxygen atoms in total. The quantitative estimate of drug-likeness (QED) is 0.152. The molecular weight excluding hydrogens is 542 g/mol. The molecule has 0 heterocycles. The van der Waals surface area contributed by atoms with Crippen LogP contribution in [0.15, 0.2) is 11.6 Å². The van der Waals surface area contributed by atoms with E-state index in [1.165, 1.54) is 25.3 Å². The van der Waals surface area contributed by atoms with Gasteiger partial charge in [-0.1, -0.05) is 60.1 Å². The molecule has 10 unspecified atom stereocenters. The number of ether oxygens (including phenoxy) is 1. The minimum Gasteiger partial charge on any atom is -0.394 e. The summed E-state index contributed by atoms with van der Waals surface area (Å²) < 4.78 is 5.77. The molecule has 4 aliphatic rings. The van der Waals surface area contributed by atoms with Gasteiger partial charge in [-0.05, 0) is 117 Å². The first kappa shape index (κ1) is 34.9.